The van der Waals surface area contributed by atoms with Crippen molar-refractivity contribution in [1.82, 2.24) is 10.3 Å². The lowest BCUT2D eigenvalue weighted by Crippen LogP contribution is -2.31. The summed E-state index contributed by atoms with van der Waals surface area (Å²) in [4.78, 5) is 19.6. The van der Waals surface area contributed by atoms with E-state index in [9.17, 15) is 22.0 Å². The van der Waals surface area contributed by atoms with Crippen molar-refractivity contribution in [2.24, 2.45) is 4.99 Å². The number of aromatic nitrogens is 1. The van der Waals surface area contributed by atoms with Gasteiger partial charge in [-0.2, -0.15) is 0 Å². The topological polar surface area (TPSA) is 97.7 Å². The number of pyridine rings is 1. The Morgan fingerprint density at radius 3 is 2.56 bits per heavy atom. The fourth-order valence-electron chi connectivity index (χ4n) is 3.26. The molecule has 0 saturated heterocycles. The van der Waals surface area contributed by atoms with Crippen molar-refractivity contribution in [1.29, 1.82) is 0 Å². The molecule has 0 spiro atoms. The highest BCUT2D eigenvalue weighted by molar-refractivity contribution is 7.91. The summed E-state index contributed by atoms with van der Waals surface area (Å²) in [6.07, 6.45) is 4.92. The molecule has 1 aliphatic heterocycles. The highest BCUT2D eigenvalue weighted by Crippen LogP contribution is 2.33. The summed E-state index contributed by atoms with van der Waals surface area (Å²) < 4.78 is 58.6. The van der Waals surface area contributed by atoms with E-state index in [-0.39, 0.29) is 23.1 Å². The van der Waals surface area contributed by atoms with E-state index in [1.54, 1.807) is 24.5 Å². The van der Waals surface area contributed by atoms with Gasteiger partial charge in [-0.15, -0.1) is 0 Å². The number of hydrogen-bond donors (Lipinski definition) is 1. The second-order valence-corrected chi connectivity index (χ2v) is 8.82. The number of amides is 1. The maximum atomic E-state index is 14.3. The largest absolute Gasteiger partial charge is 0.495 e. The van der Waals surface area contributed by atoms with Crippen molar-refractivity contribution < 1.29 is 26.7 Å². The summed E-state index contributed by atoms with van der Waals surface area (Å²) in [7, 11) is -3.21. The minimum absolute atomic E-state index is 0.130. The van der Waals surface area contributed by atoms with Crippen LogP contribution in [-0.4, -0.2) is 32.5 Å². The maximum Gasteiger partial charge on any atom is 0.249 e. The van der Waals surface area contributed by atoms with Gasteiger partial charge in [0.1, 0.15) is 11.8 Å². The van der Waals surface area contributed by atoms with Crippen LogP contribution in [0, 0.1) is 11.6 Å². The van der Waals surface area contributed by atoms with Crippen LogP contribution in [0.5, 0.6) is 5.75 Å². The van der Waals surface area contributed by atoms with E-state index in [0.29, 0.717) is 10.9 Å². The van der Waals surface area contributed by atoms with E-state index < -0.39 is 32.4 Å². The van der Waals surface area contributed by atoms with Gasteiger partial charge in [-0.1, -0.05) is 12.1 Å². The monoisotopic (exact) mass is 457 g/mol. The van der Waals surface area contributed by atoms with Crippen LogP contribution >= 0.6 is 0 Å². The first-order valence-corrected chi connectivity index (χ1v) is 10.9. The Hall–Kier alpha value is -3.66. The molecule has 0 saturated carbocycles. The molecule has 3 aromatic rings. The van der Waals surface area contributed by atoms with Gasteiger partial charge in [0.15, 0.2) is 16.5 Å². The molecule has 1 amide bonds. The molecular formula is C22H17F2N3O4S. The second-order valence-electron chi connectivity index (χ2n) is 6.93. The summed E-state index contributed by atoms with van der Waals surface area (Å²) in [5.74, 6) is -3.42. The van der Waals surface area contributed by atoms with Gasteiger partial charge in [-0.25, -0.2) is 17.2 Å². The molecule has 1 aromatic heterocycles. The average Bonchev–Trinajstić information content (AvgIpc) is 3.23. The maximum absolute atomic E-state index is 14.3. The molecule has 1 N–H and O–H groups in total. The lowest BCUT2D eigenvalue weighted by atomic mass is 10.2. The Balaban J connectivity index is 1.50. The van der Waals surface area contributed by atoms with Crippen LogP contribution in [0.4, 0.5) is 8.78 Å². The third-order valence-corrected chi connectivity index (χ3v) is 6.73. The molecule has 0 bridgehead atoms. The third-order valence-electron chi connectivity index (χ3n) is 4.91. The van der Waals surface area contributed by atoms with Gasteiger partial charge < -0.3 is 10.1 Å². The highest BCUT2D eigenvalue weighted by Gasteiger charge is 2.28. The number of nitrogens with one attached hydrogen (secondary N) is 1. The summed E-state index contributed by atoms with van der Waals surface area (Å²) in [5.41, 5.74) is 0.612. The molecular weight excluding hydrogens is 440 g/mol. The van der Waals surface area contributed by atoms with Crippen molar-refractivity contribution in [3.63, 3.8) is 0 Å². The first kappa shape index (κ1) is 21.6. The average molecular weight is 457 g/mol. The number of rotatable bonds is 6. The second kappa shape index (κ2) is 8.46. The molecule has 0 radical (unpaired) electrons. The standard InChI is InChI=1S/C22H17F2N3O4S/c1-31-19-7-6-16(23)20(24)21(19)32(29,30)15-4-2-13(3-5-15)11-26-22(28)18-10-14-12-25-9-8-17(14)27-18/h2-10,12,18H,11H2,1H3,(H,26,28). The van der Waals surface area contributed by atoms with Gasteiger partial charge in [-0.3, -0.25) is 14.8 Å². The Morgan fingerprint density at radius 2 is 1.88 bits per heavy atom. The normalized spacial score (nSPS) is 14.8. The number of sulfone groups is 1. The number of fused-ring (bicyclic) bond motifs is 1. The van der Waals surface area contributed by atoms with Crippen LogP contribution < -0.4 is 20.6 Å². The smallest absolute Gasteiger partial charge is 0.249 e. The van der Waals surface area contributed by atoms with Gasteiger partial charge in [-0.05, 0) is 42.0 Å². The van der Waals surface area contributed by atoms with Crippen molar-refractivity contribution in [2.45, 2.75) is 22.4 Å². The minimum atomic E-state index is -4.38. The van der Waals surface area contributed by atoms with Crippen LogP contribution in [0.2, 0.25) is 0 Å². The molecule has 32 heavy (non-hydrogen) atoms. The molecule has 0 fully saturated rings. The lowest BCUT2D eigenvalue weighted by Gasteiger charge is -2.12. The molecule has 10 heteroatoms. The zero-order valence-corrected chi connectivity index (χ0v) is 17.6. The highest BCUT2D eigenvalue weighted by atomic mass is 32.2. The molecule has 2 heterocycles. The van der Waals surface area contributed by atoms with Gasteiger partial charge in [0.05, 0.1) is 17.4 Å². The lowest BCUT2D eigenvalue weighted by molar-refractivity contribution is -0.121. The number of halogens is 2. The van der Waals surface area contributed by atoms with E-state index in [0.717, 1.165) is 17.4 Å². The zero-order chi connectivity index (χ0) is 22.9. The van der Waals surface area contributed by atoms with Crippen LogP contribution in [-0.2, 0) is 21.2 Å². The van der Waals surface area contributed by atoms with E-state index in [4.69, 9.17) is 4.74 Å². The predicted octanol–water partition coefficient (Wildman–Crippen LogP) is 1.30. The Morgan fingerprint density at radius 1 is 1.12 bits per heavy atom. The van der Waals surface area contributed by atoms with Crippen LogP contribution in [0.3, 0.4) is 0 Å². The number of benzene rings is 2. The predicted molar refractivity (Wildman–Crippen MR) is 110 cm³/mol. The summed E-state index contributed by atoms with van der Waals surface area (Å²) in [6, 6.07) is 8.36. The van der Waals surface area contributed by atoms with Crippen LogP contribution in [0.15, 0.2) is 69.6 Å². The molecule has 1 unspecified atom stereocenters. The molecule has 1 aliphatic rings. The third kappa shape index (κ3) is 3.96. The van der Waals surface area contributed by atoms with Gasteiger partial charge in [0, 0.05) is 24.2 Å². The zero-order valence-electron chi connectivity index (χ0n) is 16.7. The number of ether oxygens (including phenoxy) is 1. The molecule has 2 aromatic carbocycles. The molecule has 0 aliphatic carbocycles. The quantitative estimate of drug-likeness (QED) is 0.602. The van der Waals surface area contributed by atoms with E-state index >= 15 is 0 Å². The van der Waals surface area contributed by atoms with E-state index in [1.165, 1.54) is 31.4 Å². The molecule has 164 valence electrons. The SMILES string of the molecule is COc1ccc(F)c(F)c1S(=O)(=O)c1ccc(CNC(=O)C2C=c3cnccc3=N2)cc1. The van der Waals surface area contributed by atoms with Crippen molar-refractivity contribution in [3.8, 4) is 5.75 Å². The van der Waals surface area contributed by atoms with Gasteiger partial charge in [0.25, 0.3) is 0 Å². The van der Waals surface area contributed by atoms with Crippen molar-refractivity contribution in [3.05, 3.63) is 82.6 Å². The summed E-state index contributed by atoms with van der Waals surface area (Å²) in [6.45, 7) is 0.130. The number of nitrogens with zero attached hydrogens (tertiary/aromatic N) is 2. The van der Waals surface area contributed by atoms with E-state index in [1.807, 2.05) is 0 Å². The first-order valence-electron chi connectivity index (χ1n) is 9.44. The van der Waals surface area contributed by atoms with E-state index in [2.05, 4.69) is 15.3 Å². The molecule has 1 atom stereocenters. The fourth-order valence-corrected chi connectivity index (χ4v) is 4.74. The van der Waals surface area contributed by atoms with Crippen molar-refractivity contribution >= 4 is 21.8 Å². The first-order chi connectivity index (χ1) is 15.3. The fraction of sp³-hybridized carbons (Fsp3) is 0.136. The number of methoxy groups -OCH3 is 1. The van der Waals surface area contributed by atoms with Gasteiger partial charge in [0.2, 0.25) is 15.7 Å². The summed E-state index contributed by atoms with van der Waals surface area (Å²) in [5, 5.41) is 4.21. The Labute approximate surface area is 182 Å². The Kier molecular flexibility index (Phi) is 5.70. The Bertz CT molecular complexity index is 1390. The summed E-state index contributed by atoms with van der Waals surface area (Å²) >= 11 is 0. The van der Waals surface area contributed by atoms with Crippen molar-refractivity contribution in [2.75, 3.05) is 7.11 Å². The van der Waals surface area contributed by atoms with Gasteiger partial charge >= 0.3 is 0 Å². The molecule has 7 nitrogen and oxygen atoms in total. The number of carbonyl (C=O) groups excluding carboxylic acids is 1. The number of hydrogen-bond acceptors (Lipinski definition) is 6. The van der Waals surface area contributed by atoms with Crippen LogP contribution in [0.25, 0.3) is 6.08 Å². The number of carbonyl (C=O) groups is 1. The van der Waals surface area contributed by atoms with Crippen LogP contribution in [0.1, 0.15) is 5.56 Å². The minimum Gasteiger partial charge on any atom is -0.495 e. The molecule has 4 rings (SSSR count).